The van der Waals surface area contributed by atoms with Crippen LogP contribution in [0.5, 0.6) is 5.75 Å². The van der Waals surface area contributed by atoms with Gasteiger partial charge in [-0.25, -0.2) is 12.7 Å². The second kappa shape index (κ2) is 13.1. The van der Waals surface area contributed by atoms with E-state index >= 15 is 0 Å². The van der Waals surface area contributed by atoms with Crippen molar-refractivity contribution in [3.8, 4) is 5.75 Å². The van der Waals surface area contributed by atoms with Gasteiger partial charge < -0.3 is 14.4 Å². The van der Waals surface area contributed by atoms with E-state index in [1.807, 2.05) is 17.0 Å². The van der Waals surface area contributed by atoms with Crippen molar-refractivity contribution in [1.29, 1.82) is 0 Å². The molecule has 2 saturated heterocycles. The van der Waals surface area contributed by atoms with Gasteiger partial charge in [0.25, 0.3) is 5.91 Å². The summed E-state index contributed by atoms with van der Waals surface area (Å²) < 4.78 is 74.2. The Hall–Kier alpha value is -1.64. The number of amides is 1. The number of nitrogens with zero attached hydrogens (tertiary/aromatic N) is 3. The van der Waals surface area contributed by atoms with Crippen molar-refractivity contribution in [2.75, 3.05) is 53.0 Å². The third-order valence-electron chi connectivity index (χ3n) is 7.35. The highest BCUT2D eigenvalue weighted by molar-refractivity contribution is 7.91. The van der Waals surface area contributed by atoms with Gasteiger partial charge in [-0.1, -0.05) is 12.1 Å². The minimum atomic E-state index is -4.20. The molecule has 9 nitrogen and oxygen atoms in total. The van der Waals surface area contributed by atoms with Gasteiger partial charge in [0.05, 0.1) is 13.2 Å². The Bertz CT molecular complexity index is 1010. The molecule has 0 bridgehead atoms. The van der Waals surface area contributed by atoms with Crippen molar-refractivity contribution in [2.45, 2.75) is 55.4 Å². The number of rotatable bonds is 11. The fraction of sp³-hybridized carbons (Fsp3) is 0.708. The summed E-state index contributed by atoms with van der Waals surface area (Å²) >= 11 is 5.55. The highest BCUT2D eigenvalue weighted by atomic mass is 35.5. The number of halogens is 4. The first-order valence-corrected chi connectivity index (χ1v) is 14.4. The Morgan fingerprint density at radius 3 is 2.26 bits per heavy atom. The summed E-state index contributed by atoms with van der Waals surface area (Å²) in [6.07, 6.45) is -4.15. The second-order valence-electron chi connectivity index (χ2n) is 9.71. The molecule has 2 fully saturated rings. The van der Waals surface area contributed by atoms with Gasteiger partial charge in [0.15, 0.2) is 4.75 Å². The summed E-state index contributed by atoms with van der Waals surface area (Å²) in [7, 11) is -2.55. The van der Waals surface area contributed by atoms with E-state index in [1.54, 1.807) is 19.2 Å². The molecule has 0 unspecified atom stereocenters. The van der Waals surface area contributed by atoms with E-state index in [0.717, 1.165) is 5.56 Å². The molecule has 0 radical (unpaired) electrons. The summed E-state index contributed by atoms with van der Waals surface area (Å²) in [4.78, 5) is 14.9. The maximum Gasteiger partial charge on any atom is 0.389 e. The number of likely N-dealkylation sites (tertiary alicyclic amines) is 1. The number of benzene rings is 1. The average Bonchev–Trinajstić information content (AvgIpc) is 2.89. The first kappa shape index (κ1) is 30.9. The SMILES string of the molecule is COCCN1CCC(C(=O)N(O)Cl)(S(=O)(=O)N2CCC(c3ccc(OCCCC(F)(F)F)cc3)CC2)CC1. The number of alkyl halides is 3. The first-order chi connectivity index (χ1) is 17.9. The fourth-order valence-electron chi connectivity index (χ4n) is 5.08. The number of carbonyl (C=O) groups excluding carboxylic acids is 1. The van der Waals surface area contributed by atoms with Crippen LogP contribution < -0.4 is 4.74 Å². The molecule has 216 valence electrons. The van der Waals surface area contributed by atoms with Gasteiger partial charge in [0.1, 0.15) is 5.75 Å². The van der Waals surface area contributed by atoms with Crippen molar-refractivity contribution in [1.82, 2.24) is 13.8 Å². The van der Waals surface area contributed by atoms with Crippen molar-refractivity contribution in [3.05, 3.63) is 29.8 Å². The van der Waals surface area contributed by atoms with Gasteiger partial charge in [-0.05, 0) is 55.7 Å². The number of hydrogen-bond donors (Lipinski definition) is 1. The molecule has 1 N–H and O–H groups in total. The van der Waals surface area contributed by atoms with Crippen molar-refractivity contribution < 1.29 is 41.1 Å². The maximum absolute atomic E-state index is 13.8. The molecule has 1 amide bonds. The van der Waals surface area contributed by atoms with E-state index in [0.29, 0.717) is 44.8 Å². The van der Waals surface area contributed by atoms with Crippen LogP contribution in [0.4, 0.5) is 13.2 Å². The van der Waals surface area contributed by atoms with Crippen LogP contribution in [0.2, 0.25) is 0 Å². The zero-order chi connectivity index (χ0) is 28.0. The molecule has 0 aliphatic carbocycles. The van der Waals surface area contributed by atoms with E-state index in [1.165, 1.54) is 4.31 Å². The van der Waals surface area contributed by atoms with Crippen molar-refractivity contribution in [2.24, 2.45) is 0 Å². The third kappa shape index (κ3) is 7.51. The minimum absolute atomic E-state index is 0.00597. The lowest BCUT2D eigenvalue weighted by atomic mass is 9.90. The van der Waals surface area contributed by atoms with E-state index in [4.69, 9.17) is 21.3 Å². The molecule has 0 aromatic heterocycles. The van der Waals surface area contributed by atoms with Crippen LogP contribution in [-0.4, -0.2) is 97.3 Å². The normalized spacial score (nSPS) is 19.8. The Balaban J connectivity index is 1.61. The summed E-state index contributed by atoms with van der Waals surface area (Å²) in [5, 5.41) is 9.70. The van der Waals surface area contributed by atoms with Gasteiger partial charge >= 0.3 is 6.18 Å². The largest absolute Gasteiger partial charge is 0.494 e. The number of sulfonamides is 1. The highest BCUT2D eigenvalue weighted by Gasteiger charge is 2.56. The van der Waals surface area contributed by atoms with E-state index in [-0.39, 0.29) is 49.5 Å². The predicted octanol–water partition coefficient (Wildman–Crippen LogP) is 3.77. The lowest BCUT2D eigenvalue weighted by Gasteiger charge is -2.43. The monoisotopic (exact) mass is 585 g/mol. The highest BCUT2D eigenvalue weighted by Crippen LogP contribution is 2.38. The van der Waals surface area contributed by atoms with Gasteiger partial charge in [-0.3, -0.25) is 10.0 Å². The molecule has 0 saturated carbocycles. The number of carbonyl (C=O) groups is 1. The summed E-state index contributed by atoms with van der Waals surface area (Å²) in [5.41, 5.74) is 0.976. The number of hydroxylamine groups is 1. The van der Waals surface area contributed by atoms with E-state index in [9.17, 15) is 31.6 Å². The maximum atomic E-state index is 13.8. The Morgan fingerprint density at radius 1 is 1.13 bits per heavy atom. The Kier molecular flexibility index (Phi) is 10.7. The summed E-state index contributed by atoms with van der Waals surface area (Å²) in [5.74, 6) is -0.494. The fourth-order valence-corrected chi connectivity index (χ4v) is 7.49. The second-order valence-corrected chi connectivity index (χ2v) is 12.3. The molecule has 2 aliphatic rings. The van der Waals surface area contributed by atoms with Crippen LogP contribution in [0, 0.1) is 0 Å². The van der Waals surface area contributed by atoms with Crippen LogP contribution in [0.1, 0.15) is 50.0 Å². The first-order valence-electron chi connectivity index (χ1n) is 12.6. The molecule has 2 aliphatic heterocycles. The molecular formula is C24H35ClF3N3O6S. The van der Waals surface area contributed by atoms with Gasteiger partial charge in [-0.15, -0.1) is 4.58 Å². The third-order valence-corrected chi connectivity index (χ3v) is 10.1. The number of ether oxygens (including phenoxy) is 2. The summed E-state index contributed by atoms with van der Waals surface area (Å²) in [6, 6.07) is 7.08. The van der Waals surface area contributed by atoms with E-state index < -0.39 is 33.3 Å². The molecule has 2 heterocycles. The quantitative estimate of drug-likeness (QED) is 0.183. The zero-order valence-electron chi connectivity index (χ0n) is 21.3. The smallest absolute Gasteiger partial charge is 0.389 e. The van der Waals surface area contributed by atoms with Crippen molar-refractivity contribution >= 4 is 27.7 Å². The van der Waals surface area contributed by atoms with Crippen LogP contribution in [0.3, 0.4) is 0 Å². The molecule has 38 heavy (non-hydrogen) atoms. The van der Waals surface area contributed by atoms with E-state index in [2.05, 4.69) is 0 Å². The molecule has 3 rings (SSSR count). The average molecular weight is 586 g/mol. The van der Waals surface area contributed by atoms with Gasteiger partial charge in [-0.2, -0.15) is 13.2 Å². The standard InChI is InChI=1S/C24H35ClF3N3O6S/c1-36-18-16-29-14-10-23(11-15-29,22(32)31(25)33)38(34,35)30-12-7-20(8-13-30)19-3-5-21(6-4-19)37-17-2-9-24(26,27)28/h3-6,20,33H,2,7-18H2,1H3. The van der Waals surface area contributed by atoms with Crippen LogP contribution in [0.25, 0.3) is 0 Å². The molecule has 1 aromatic rings. The Labute approximate surface area is 226 Å². The van der Waals surface area contributed by atoms with Gasteiger partial charge in [0, 0.05) is 58.0 Å². The van der Waals surface area contributed by atoms with Crippen LogP contribution in [-0.2, 0) is 19.6 Å². The molecule has 0 atom stereocenters. The predicted molar refractivity (Wildman–Crippen MR) is 134 cm³/mol. The Morgan fingerprint density at radius 2 is 1.74 bits per heavy atom. The lowest BCUT2D eigenvalue weighted by Crippen LogP contribution is -2.61. The lowest BCUT2D eigenvalue weighted by molar-refractivity contribution is -0.150. The van der Waals surface area contributed by atoms with Crippen molar-refractivity contribution in [3.63, 3.8) is 0 Å². The van der Waals surface area contributed by atoms with Crippen LogP contribution >= 0.6 is 11.8 Å². The molecule has 0 spiro atoms. The topological polar surface area (TPSA) is 99.6 Å². The van der Waals surface area contributed by atoms with Crippen LogP contribution in [0.15, 0.2) is 24.3 Å². The summed E-state index contributed by atoms with van der Waals surface area (Å²) in [6.45, 7) is 2.16. The number of methoxy groups -OCH3 is 1. The molecule has 14 heteroatoms. The number of piperidine rings is 2. The zero-order valence-corrected chi connectivity index (χ0v) is 22.9. The molecular weight excluding hydrogens is 551 g/mol. The number of hydrogen-bond acceptors (Lipinski definition) is 7. The van der Waals surface area contributed by atoms with Gasteiger partial charge in [0.2, 0.25) is 10.0 Å². The molecule has 1 aromatic carbocycles. The minimum Gasteiger partial charge on any atom is -0.494 e.